The Bertz CT molecular complexity index is 623. The Balaban J connectivity index is 1.41. The number of piperidine rings is 1. The van der Waals surface area contributed by atoms with Crippen LogP contribution in [0.2, 0.25) is 0 Å². The van der Waals surface area contributed by atoms with E-state index in [1.807, 2.05) is 30.7 Å². The number of nitrogens with zero attached hydrogens (tertiary/aromatic N) is 2. The molecule has 1 amide bonds. The third kappa shape index (κ3) is 4.20. The van der Waals surface area contributed by atoms with E-state index in [1.165, 1.54) is 0 Å². The smallest absolute Gasteiger partial charge is 0.252 e. The van der Waals surface area contributed by atoms with Crippen molar-refractivity contribution in [2.45, 2.75) is 33.2 Å². The van der Waals surface area contributed by atoms with Gasteiger partial charge in [-0.3, -0.25) is 9.69 Å². The van der Waals surface area contributed by atoms with Gasteiger partial charge >= 0.3 is 0 Å². The normalized spacial score (nSPS) is 16.6. The van der Waals surface area contributed by atoms with Crippen molar-refractivity contribution in [3.63, 3.8) is 0 Å². The largest absolute Gasteiger partial charge is 0.444 e. The quantitative estimate of drug-likeness (QED) is 0.914. The average Bonchev–Trinajstić information content (AvgIpc) is 3.17. The number of nitrogens with one attached hydrogen (secondary N) is 1. The SMILES string of the molecule is Cc1nc(CN2CCC(CNC(=O)c3ccsc3)CC2)oc1C. The second-order valence-corrected chi connectivity index (χ2v) is 6.97. The summed E-state index contributed by atoms with van der Waals surface area (Å²) in [5.41, 5.74) is 1.74. The van der Waals surface area contributed by atoms with Crippen LogP contribution in [0.1, 0.15) is 40.5 Å². The molecule has 1 saturated heterocycles. The maximum atomic E-state index is 12.0. The molecule has 1 N–H and O–H groups in total. The molecule has 3 heterocycles. The van der Waals surface area contributed by atoms with Gasteiger partial charge in [-0.1, -0.05) is 0 Å². The molecule has 0 aromatic carbocycles. The van der Waals surface area contributed by atoms with Gasteiger partial charge in [0.15, 0.2) is 0 Å². The molecule has 1 aliphatic rings. The molecule has 1 aliphatic heterocycles. The van der Waals surface area contributed by atoms with Crippen molar-refractivity contribution < 1.29 is 9.21 Å². The highest BCUT2D eigenvalue weighted by Gasteiger charge is 2.21. The van der Waals surface area contributed by atoms with Crippen LogP contribution in [-0.2, 0) is 6.54 Å². The maximum Gasteiger partial charge on any atom is 0.252 e. The molecule has 0 saturated carbocycles. The van der Waals surface area contributed by atoms with E-state index in [-0.39, 0.29) is 5.91 Å². The van der Waals surface area contributed by atoms with Crippen LogP contribution in [0.3, 0.4) is 0 Å². The van der Waals surface area contributed by atoms with E-state index in [0.29, 0.717) is 5.92 Å². The topological polar surface area (TPSA) is 58.4 Å². The Morgan fingerprint density at radius 1 is 1.43 bits per heavy atom. The maximum absolute atomic E-state index is 12.0. The monoisotopic (exact) mass is 333 g/mol. The van der Waals surface area contributed by atoms with E-state index in [9.17, 15) is 4.79 Å². The van der Waals surface area contributed by atoms with E-state index in [2.05, 4.69) is 15.2 Å². The highest BCUT2D eigenvalue weighted by molar-refractivity contribution is 7.08. The minimum absolute atomic E-state index is 0.0411. The van der Waals surface area contributed by atoms with Crippen molar-refractivity contribution in [1.82, 2.24) is 15.2 Å². The summed E-state index contributed by atoms with van der Waals surface area (Å²) in [6.45, 7) is 7.53. The second-order valence-electron chi connectivity index (χ2n) is 6.19. The van der Waals surface area contributed by atoms with Crippen LogP contribution in [0.4, 0.5) is 0 Å². The van der Waals surface area contributed by atoms with Crippen molar-refractivity contribution in [1.29, 1.82) is 0 Å². The summed E-state index contributed by atoms with van der Waals surface area (Å²) in [6, 6.07) is 1.86. The van der Waals surface area contributed by atoms with E-state index >= 15 is 0 Å². The van der Waals surface area contributed by atoms with Gasteiger partial charge in [0.2, 0.25) is 5.89 Å². The van der Waals surface area contributed by atoms with Crippen LogP contribution in [-0.4, -0.2) is 35.4 Å². The van der Waals surface area contributed by atoms with Crippen LogP contribution in [0.15, 0.2) is 21.2 Å². The van der Waals surface area contributed by atoms with Gasteiger partial charge < -0.3 is 9.73 Å². The molecular formula is C17H23N3O2S. The number of amides is 1. The van der Waals surface area contributed by atoms with Gasteiger partial charge in [-0.25, -0.2) is 4.98 Å². The van der Waals surface area contributed by atoms with Crippen molar-refractivity contribution in [2.75, 3.05) is 19.6 Å². The third-order valence-corrected chi connectivity index (χ3v) is 5.16. The number of aromatic nitrogens is 1. The van der Waals surface area contributed by atoms with Crippen molar-refractivity contribution in [2.24, 2.45) is 5.92 Å². The van der Waals surface area contributed by atoms with Gasteiger partial charge in [0, 0.05) is 17.5 Å². The Labute approximate surface area is 140 Å². The molecular weight excluding hydrogens is 310 g/mol. The highest BCUT2D eigenvalue weighted by Crippen LogP contribution is 2.19. The predicted octanol–water partition coefficient (Wildman–Crippen LogP) is 2.99. The molecule has 0 radical (unpaired) electrons. The van der Waals surface area contributed by atoms with Crippen molar-refractivity contribution in [3.8, 4) is 0 Å². The Morgan fingerprint density at radius 2 is 2.22 bits per heavy atom. The van der Waals surface area contributed by atoms with Crippen molar-refractivity contribution in [3.05, 3.63) is 39.7 Å². The summed E-state index contributed by atoms with van der Waals surface area (Å²) in [4.78, 5) is 18.8. The predicted molar refractivity (Wildman–Crippen MR) is 90.6 cm³/mol. The first kappa shape index (κ1) is 16.2. The van der Waals surface area contributed by atoms with E-state index in [1.54, 1.807) is 11.3 Å². The lowest BCUT2D eigenvalue weighted by Gasteiger charge is -2.31. The molecule has 0 spiro atoms. The molecule has 3 rings (SSSR count). The number of aryl methyl sites for hydroxylation is 2. The number of oxazole rings is 1. The molecule has 0 unspecified atom stereocenters. The molecule has 2 aromatic rings. The molecule has 5 nitrogen and oxygen atoms in total. The van der Waals surface area contributed by atoms with Crippen LogP contribution < -0.4 is 5.32 Å². The molecule has 1 fully saturated rings. The van der Waals surface area contributed by atoms with E-state index < -0.39 is 0 Å². The van der Waals surface area contributed by atoms with Gasteiger partial charge in [-0.2, -0.15) is 11.3 Å². The van der Waals surface area contributed by atoms with Crippen LogP contribution in [0.5, 0.6) is 0 Å². The Morgan fingerprint density at radius 3 is 2.83 bits per heavy atom. The fourth-order valence-electron chi connectivity index (χ4n) is 2.88. The van der Waals surface area contributed by atoms with Crippen LogP contribution >= 0.6 is 11.3 Å². The Hall–Kier alpha value is -1.66. The number of hydrogen-bond acceptors (Lipinski definition) is 5. The molecule has 0 atom stereocenters. The van der Waals surface area contributed by atoms with Gasteiger partial charge in [0.1, 0.15) is 5.76 Å². The summed E-state index contributed by atoms with van der Waals surface area (Å²) >= 11 is 1.55. The zero-order chi connectivity index (χ0) is 16.2. The molecule has 23 heavy (non-hydrogen) atoms. The molecule has 6 heteroatoms. The first-order chi connectivity index (χ1) is 11.1. The molecule has 0 aliphatic carbocycles. The summed E-state index contributed by atoms with van der Waals surface area (Å²) in [7, 11) is 0. The fourth-order valence-corrected chi connectivity index (χ4v) is 3.52. The number of likely N-dealkylation sites (tertiary alicyclic amines) is 1. The van der Waals surface area contributed by atoms with Gasteiger partial charge in [0.25, 0.3) is 5.91 Å². The lowest BCUT2D eigenvalue weighted by molar-refractivity contribution is 0.0934. The van der Waals surface area contributed by atoms with Gasteiger partial charge in [0.05, 0.1) is 12.2 Å². The number of rotatable bonds is 5. The minimum atomic E-state index is 0.0411. The summed E-state index contributed by atoms with van der Waals surface area (Å²) in [5.74, 6) is 2.32. The lowest BCUT2D eigenvalue weighted by Crippen LogP contribution is -2.38. The van der Waals surface area contributed by atoms with Gasteiger partial charge in [-0.05, 0) is 57.1 Å². The standard InChI is InChI=1S/C17H23N3O2S/c1-12-13(2)22-16(19-12)10-20-6-3-14(4-7-20)9-18-17(21)15-5-8-23-11-15/h5,8,11,14H,3-4,6-7,9-10H2,1-2H3,(H,18,21). The summed E-state index contributed by atoms with van der Waals surface area (Å²) in [5, 5.41) is 6.87. The first-order valence-corrected chi connectivity index (χ1v) is 9.02. The summed E-state index contributed by atoms with van der Waals surface area (Å²) in [6.07, 6.45) is 2.20. The molecule has 124 valence electrons. The zero-order valence-electron chi connectivity index (χ0n) is 13.7. The van der Waals surface area contributed by atoms with Crippen LogP contribution in [0, 0.1) is 19.8 Å². The summed E-state index contributed by atoms with van der Waals surface area (Å²) < 4.78 is 5.66. The number of thiophene rings is 1. The third-order valence-electron chi connectivity index (χ3n) is 4.47. The lowest BCUT2D eigenvalue weighted by atomic mass is 9.96. The van der Waals surface area contributed by atoms with E-state index in [4.69, 9.17) is 4.42 Å². The molecule has 2 aromatic heterocycles. The number of carbonyl (C=O) groups excluding carboxylic acids is 1. The zero-order valence-corrected chi connectivity index (χ0v) is 14.5. The van der Waals surface area contributed by atoms with E-state index in [0.717, 1.165) is 61.9 Å². The first-order valence-electron chi connectivity index (χ1n) is 8.07. The van der Waals surface area contributed by atoms with Crippen molar-refractivity contribution >= 4 is 17.2 Å². The molecule has 0 bridgehead atoms. The fraction of sp³-hybridized carbons (Fsp3) is 0.529. The average molecular weight is 333 g/mol. The Kier molecular flexibility index (Phi) is 5.13. The second kappa shape index (κ2) is 7.27. The highest BCUT2D eigenvalue weighted by atomic mass is 32.1. The van der Waals surface area contributed by atoms with Gasteiger partial charge in [-0.15, -0.1) is 0 Å². The number of hydrogen-bond donors (Lipinski definition) is 1. The van der Waals surface area contributed by atoms with Crippen LogP contribution in [0.25, 0.3) is 0 Å². The number of carbonyl (C=O) groups is 1. The minimum Gasteiger partial charge on any atom is -0.444 e.